The fourth-order valence-corrected chi connectivity index (χ4v) is 1.41. The van der Waals surface area contributed by atoms with Crippen LogP contribution in [0.4, 0.5) is 0 Å². The molecule has 2 nitrogen and oxygen atoms in total. The molecular weight excluding hydrogens is 200 g/mol. The SMILES string of the molecule is CC(Oc1ccccc1)Oc1ccccc1. The van der Waals surface area contributed by atoms with Crippen LogP contribution in [0.2, 0.25) is 0 Å². The van der Waals surface area contributed by atoms with E-state index in [1.807, 2.05) is 67.6 Å². The highest BCUT2D eigenvalue weighted by Gasteiger charge is 2.04. The molecule has 2 aromatic carbocycles. The lowest BCUT2D eigenvalue weighted by Crippen LogP contribution is -2.19. The molecule has 0 amide bonds. The molecule has 0 aliphatic heterocycles. The molecular formula is C14H14O2. The molecule has 82 valence electrons. The minimum absolute atomic E-state index is 0.301. The molecule has 0 atom stereocenters. The van der Waals surface area contributed by atoms with Crippen LogP contribution in [0.3, 0.4) is 0 Å². The number of rotatable bonds is 4. The van der Waals surface area contributed by atoms with E-state index in [4.69, 9.17) is 9.47 Å². The van der Waals surface area contributed by atoms with Crippen LogP contribution in [0.1, 0.15) is 6.92 Å². The maximum atomic E-state index is 5.60. The first-order valence-corrected chi connectivity index (χ1v) is 5.28. The Balaban J connectivity index is 1.92. The van der Waals surface area contributed by atoms with Gasteiger partial charge in [-0.25, -0.2) is 0 Å². The van der Waals surface area contributed by atoms with E-state index in [0.717, 1.165) is 11.5 Å². The van der Waals surface area contributed by atoms with Gasteiger partial charge in [0.2, 0.25) is 6.29 Å². The van der Waals surface area contributed by atoms with E-state index in [1.54, 1.807) is 0 Å². The second kappa shape index (κ2) is 5.21. The van der Waals surface area contributed by atoms with Crippen molar-refractivity contribution in [3.63, 3.8) is 0 Å². The van der Waals surface area contributed by atoms with Crippen LogP contribution >= 0.6 is 0 Å². The van der Waals surface area contributed by atoms with Crippen molar-refractivity contribution < 1.29 is 9.47 Å². The Labute approximate surface area is 95.4 Å². The summed E-state index contributed by atoms with van der Waals surface area (Å²) in [5.41, 5.74) is 0. The van der Waals surface area contributed by atoms with Crippen molar-refractivity contribution >= 4 is 0 Å². The van der Waals surface area contributed by atoms with Gasteiger partial charge >= 0.3 is 0 Å². The zero-order valence-electron chi connectivity index (χ0n) is 9.17. The topological polar surface area (TPSA) is 18.5 Å². The molecule has 0 spiro atoms. The molecule has 0 saturated carbocycles. The van der Waals surface area contributed by atoms with Gasteiger partial charge < -0.3 is 9.47 Å². The Hall–Kier alpha value is -1.96. The second-order valence-electron chi connectivity index (χ2n) is 3.43. The third-order valence-corrected chi connectivity index (χ3v) is 2.09. The average Bonchev–Trinajstić information content (AvgIpc) is 2.31. The minimum Gasteiger partial charge on any atom is -0.455 e. The summed E-state index contributed by atoms with van der Waals surface area (Å²) in [6, 6.07) is 19.3. The van der Waals surface area contributed by atoms with E-state index in [-0.39, 0.29) is 6.29 Å². The van der Waals surface area contributed by atoms with Gasteiger partial charge in [-0.15, -0.1) is 0 Å². The molecule has 0 fully saturated rings. The van der Waals surface area contributed by atoms with Crippen molar-refractivity contribution in [1.29, 1.82) is 0 Å². The number of benzene rings is 2. The lowest BCUT2D eigenvalue weighted by atomic mass is 10.3. The molecule has 0 saturated heterocycles. The molecule has 0 aliphatic rings. The molecule has 2 rings (SSSR count). The maximum absolute atomic E-state index is 5.60. The van der Waals surface area contributed by atoms with Gasteiger partial charge in [0.05, 0.1) is 0 Å². The predicted octanol–water partition coefficient (Wildman–Crippen LogP) is 3.49. The van der Waals surface area contributed by atoms with Crippen molar-refractivity contribution in [2.24, 2.45) is 0 Å². The van der Waals surface area contributed by atoms with Crippen LogP contribution in [0.25, 0.3) is 0 Å². The van der Waals surface area contributed by atoms with Gasteiger partial charge in [0.15, 0.2) is 0 Å². The summed E-state index contributed by atoms with van der Waals surface area (Å²) >= 11 is 0. The summed E-state index contributed by atoms with van der Waals surface area (Å²) in [5, 5.41) is 0. The van der Waals surface area contributed by atoms with Gasteiger partial charge in [0, 0.05) is 6.92 Å². The molecule has 0 aromatic heterocycles. The molecule has 2 aromatic rings. The van der Waals surface area contributed by atoms with Gasteiger partial charge in [-0.05, 0) is 24.3 Å². The average molecular weight is 214 g/mol. The van der Waals surface area contributed by atoms with E-state index in [9.17, 15) is 0 Å². The van der Waals surface area contributed by atoms with Gasteiger partial charge in [-0.3, -0.25) is 0 Å². The van der Waals surface area contributed by atoms with Crippen molar-refractivity contribution in [2.75, 3.05) is 0 Å². The lowest BCUT2D eigenvalue weighted by molar-refractivity contribution is 0.0223. The molecule has 0 radical (unpaired) electrons. The number of para-hydroxylation sites is 2. The standard InChI is InChI=1S/C14H14O2/c1-12(15-13-8-4-2-5-9-13)16-14-10-6-3-7-11-14/h2-12H,1H3. The van der Waals surface area contributed by atoms with Crippen LogP contribution in [-0.2, 0) is 0 Å². The highest BCUT2D eigenvalue weighted by Crippen LogP contribution is 2.15. The first-order valence-electron chi connectivity index (χ1n) is 5.28. The van der Waals surface area contributed by atoms with Crippen molar-refractivity contribution in [1.82, 2.24) is 0 Å². The van der Waals surface area contributed by atoms with Crippen LogP contribution in [0.5, 0.6) is 11.5 Å². The molecule has 0 N–H and O–H groups in total. The van der Waals surface area contributed by atoms with Gasteiger partial charge in [0.1, 0.15) is 11.5 Å². The van der Waals surface area contributed by atoms with Crippen molar-refractivity contribution in [3.8, 4) is 11.5 Å². The molecule has 2 heteroatoms. The van der Waals surface area contributed by atoms with Gasteiger partial charge in [-0.2, -0.15) is 0 Å². The minimum atomic E-state index is -0.301. The quantitative estimate of drug-likeness (QED) is 0.725. The molecule has 16 heavy (non-hydrogen) atoms. The third-order valence-electron chi connectivity index (χ3n) is 2.09. The summed E-state index contributed by atoms with van der Waals surface area (Å²) in [5.74, 6) is 1.62. The largest absolute Gasteiger partial charge is 0.455 e. The van der Waals surface area contributed by atoms with Gasteiger partial charge in [0.25, 0.3) is 0 Å². The maximum Gasteiger partial charge on any atom is 0.238 e. The zero-order valence-corrected chi connectivity index (χ0v) is 9.17. The molecule has 0 heterocycles. The van der Waals surface area contributed by atoms with Crippen LogP contribution in [-0.4, -0.2) is 6.29 Å². The Bertz CT molecular complexity index is 370. The first-order chi connectivity index (χ1) is 7.84. The first kappa shape index (κ1) is 10.6. The molecule has 0 bridgehead atoms. The Kier molecular flexibility index (Phi) is 3.44. The number of hydrogen-bond donors (Lipinski definition) is 0. The van der Waals surface area contributed by atoms with E-state index < -0.39 is 0 Å². The fourth-order valence-electron chi connectivity index (χ4n) is 1.41. The van der Waals surface area contributed by atoms with Crippen LogP contribution < -0.4 is 9.47 Å². The lowest BCUT2D eigenvalue weighted by Gasteiger charge is -2.16. The van der Waals surface area contributed by atoms with Crippen molar-refractivity contribution in [2.45, 2.75) is 13.2 Å². The van der Waals surface area contributed by atoms with E-state index in [1.165, 1.54) is 0 Å². The van der Waals surface area contributed by atoms with Crippen LogP contribution in [0, 0.1) is 0 Å². The molecule has 0 aliphatic carbocycles. The predicted molar refractivity (Wildman–Crippen MR) is 63.6 cm³/mol. The van der Waals surface area contributed by atoms with Crippen LogP contribution in [0.15, 0.2) is 60.7 Å². The van der Waals surface area contributed by atoms with Crippen molar-refractivity contribution in [3.05, 3.63) is 60.7 Å². The normalized spacial score (nSPS) is 10.1. The fraction of sp³-hybridized carbons (Fsp3) is 0.143. The Morgan fingerprint density at radius 2 is 1.06 bits per heavy atom. The smallest absolute Gasteiger partial charge is 0.238 e. The van der Waals surface area contributed by atoms with E-state index in [0.29, 0.717) is 0 Å². The summed E-state index contributed by atoms with van der Waals surface area (Å²) in [4.78, 5) is 0. The number of hydrogen-bond acceptors (Lipinski definition) is 2. The summed E-state index contributed by atoms with van der Waals surface area (Å²) < 4.78 is 11.2. The highest BCUT2D eigenvalue weighted by atomic mass is 16.7. The summed E-state index contributed by atoms with van der Waals surface area (Å²) in [6.07, 6.45) is -0.301. The second-order valence-corrected chi connectivity index (χ2v) is 3.43. The highest BCUT2D eigenvalue weighted by molar-refractivity contribution is 5.22. The zero-order chi connectivity index (χ0) is 11.2. The number of ether oxygens (including phenoxy) is 2. The van der Waals surface area contributed by atoms with E-state index >= 15 is 0 Å². The third kappa shape index (κ3) is 3.02. The van der Waals surface area contributed by atoms with E-state index in [2.05, 4.69) is 0 Å². The monoisotopic (exact) mass is 214 g/mol. The Morgan fingerprint density at radius 3 is 1.44 bits per heavy atom. The van der Waals surface area contributed by atoms with Gasteiger partial charge in [-0.1, -0.05) is 36.4 Å². The summed E-state index contributed by atoms with van der Waals surface area (Å²) in [6.45, 7) is 1.88. The summed E-state index contributed by atoms with van der Waals surface area (Å²) in [7, 11) is 0. The molecule has 0 unspecified atom stereocenters. The Morgan fingerprint density at radius 1 is 0.688 bits per heavy atom.